The highest BCUT2D eigenvalue weighted by Gasteiger charge is 2.27. The maximum Gasteiger partial charge on any atom is 0.0542 e. The van der Waals surface area contributed by atoms with E-state index in [2.05, 4.69) is 59.7 Å². The van der Waals surface area contributed by atoms with Crippen molar-refractivity contribution in [1.29, 1.82) is 0 Å². The fraction of sp³-hybridized carbons (Fsp3) is 0.333. The van der Waals surface area contributed by atoms with Gasteiger partial charge in [0.25, 0.3) is 0 Å². The molecule has 0 aliphatic carbocycles. The Kier molecular flexibility index (Phi) is 2.67. The maximum atomic E-state index is 2.61. The summed E-state index contributed by atoms with van der Waals surface area (Å²) in [6.45, 7) is 7.96. The van der Waals surface area contributed by atoms with Crippen molar-refractivity contribution in [2.75, 3.05) is 18.0 Å². The molecule has 2 heteroatoms. The van der Waals surface area contributed by atoms with Gasteiger partial charge in [-0.2, -0.15) is 0 Å². The van der Waals surface area contributed by atoms with E-state index in [1.807, 2.05) is 0 Å². The van der Waals surface area contributed by atoms with Gasteiger partial charge in [-0.1, -0.05) is 30.3 Å². The minimum Gasteiger partial charge on any atom is -0.370 e. The van der Waals surface area contributed by atoms with Gasteiger partial charge in [0, 0.05) is 41.8 Å². The molecule has 0 bridgehead atoms. The number of aryl methyl sites for hydroxylation is 3. The molecule has 0 saturated carbocycles. The molecule has 2 nitrogen and oxygen atoms in total. The minimum atomic E-state index is 1.11. The summed E-state index contributed by atoms with van der Waals surface area (Å²) < 4.78 is 2.57. The molecule has 0 radical (unpaired) electrons. The fourth-order valence-corrected chi connectivity index (χ4v) is 4.58. The Balaban J connectivity index is 1.91. The minimum absolute atomic E-state index is 1.11. The average Bonchev–Trinajstić information content (AvgIpc) is 3.05. The monoisotopic (exact) mass is 302 g/mol. The van der Waals surface area contributed by atoms with Crippen molar-refractivity contribution in [3.8, 4) is 11.3 Å². The Labute approximate surface area is 137 Å². The van der Waals surface area contributed by atoms with Crippen LogP contribution in [0.3, 0.4) is 0 Å². The van der Waals surface area contributed by atoms with Gasteiger partial charge in [0.15, 0.2) is 0 Å². The normalized spacial score (nSPS) is 16.2. The molecule has 2 aliphatic heterocycles. The van der Waals surface area contributed by atoms with Gasteiger partial charge in [-0.3, -0.25) is 0 Å². The number of hydrogen-bond donors (Lipinski definition) is 0. The highest BCUT2D eigenvalue weighted by molar-refractivity contribution is 5.95. The van der Waals surface area contributed by atoms with Crippen molar-refractivity contribution in [3.05, 3.63) is 53.1 Å². The molecule has 0 amide bonds. The molecule has 0 unspecified atom stereocenters. The van der Waals surface area contributed by atoms with E-state index < -0.39 is 0 Å². The molecule has 0 fully saturated rings. The van der Waals surface area contributed by atoms with Gasteiger partial charge in [-0.25, -0.2) is 0 Å². The van der Waals surface area contributed by atoms with Crippen molar-refractivity contribution < 1.29 is 0 Å². The molecule has 23 heavy (non-hydrogen) atoms. The Bertz CT molecular complexity index is 933. The molecule has 3 heterocycles. The second kappa shape index (κ2) is 4.64. The summed E-state index contributed by atoms with van der Waals surface area (Å²) in [5.41, 5.74) is 10.1. The topological polar surface area (TPSA) is 8.17 Å². The summed E-state index contributed by atoms with van der Waals surface area (Å²) in [4.78, 5) is 2.61. The largest absolute Gasteiger partial charge is 0.370 e. The number of rotatable bonds is 0. The van der Waals surface area contributed by atoms with Gasteiger partial charge in [0.1, 0.15) is 0 Å². The molecule has 3 aromatic rings. The second-order valence-electron chi connectivity index (χ2n) is 7.05. The van der Waals surface area contributed by atoms with Crippen LogP contribution in [-0.4, -0.2) is 17.7 Å². The van der Waals surface area contributed by atoms with Crippen LogP contribution in [0.2, 0.25) is 0 Å². The van der Waals surface area contributed by atoms with Crippen LogP contribution in [0.25, 0.3) is 22.2 Å². The van der Waals surface area contributed by atoms with Crippen LogP contribution in [0.1, 0.15) is 23.1 Å². The summed E-state index contributed by atoms with van der Waals surface area (Å²) in [5.74, 6) is 0. The number of benzene rings is 2. The summed E-state index contributed by atoms with van der Waals surface area (Å²) in [7, 11) is 0. The van der Waals surface area contributed by atoms with Gasteiger partial charge in [-0.15, -0.1) is 0 Å². The van der Waals surface area contributed by atoms with Gasteiger partial charge >= 0.3 is 0 Å². The third-order valence-corrected chi connectivity index (χ3v) is 5.62. The van der Waals surface area contributed by atoms with E-state index >= 15 is 0 Å². The van der Waals surface area contributed by atoms with Crippen LogP contribution < -0.4 is 4.90 Å². The van der Waals surface area contributed by atoms with Crippen molar-refractivity contribution in [1.82, 2.24) is 4.57 Å². The van der Waals surface area contributed by atoms with Crippen LogP contribution in [0.15, 0.2) is 36.4 Å². The lowest BCUT2D eigenvalue weighted by Crippen LogP contribution is -2.25. The molecule has 0 N–H and O–H groups in total. The lowest BCUT2D eigenvalue weighted by atomic mass is 10.0. The fourth-order valence-electron chi connectivity index (χ4n) is 4.58. The average molecular weight is 302 g/mol. The number of hydrogen-bond acceptors (Lipinski definition) is 1. The zero-order valence-electron chi connectivity index (χ0n) is 13.9. The third kappa shape index (κ3) is 1.75. The summed E-state index contributed by atoms with van der Waals surface area (Å²) >= 11 is 0. The lowest BCUT2D eigenvalue weighted by molar-refractivity contribution is 0.642. The summed E-state index contributed by atoms with van der Waals surface area (Å²) in [6.07, 6.45) is 2.42. The first-order valence-electron chi connectivity index (χ1n) is 8.71. The highest BCUT2D eigenvalue weighted by atomic mass is 15.2. The van der Waals surface area contributed by atoms with Crippen LogP contribution in [0.4, 0.5) is 5.69 Å². The molecule has 0 atom stereocenters. The standard InChI is InChI=1S/C21H22N2/c1-14-7-8-17-15(2)20-18-6-3-5-16-9-12-22(21(16)18)10-4-11-23(20)19(17)13-14/h3,5-8,13H,4,9-12H2,1-2H3. The predicted molar refractivity (Wildman–Crippen MR) is 97.4 cm³/mol. The molecule has 2 aromatic carbocycles. The van der Waals surface area contributed by atoms with E-state index in [0.29, 0.717) is 0 Å². The smallest absolute Gasteiger partial charge is 0.0542 e. The molecule has 0 spiro atoms. The summed E-state index contributed by atoms with van der Waals surface area (Å²) in [5, 5.41) is 1.41. The Morgan fingerprint density at radius 3 is 2.78 bits per heavy atom. The van der Waals surface area contributed by atoms with Gasteiger partial charge < -0.3 is 9.47 Å². The molecule has 116 valence electrons. The predicted octanol–water partition coefficient (Wildman–Crippen LogP) is 4.69. The first-order chi connectivity index (χ1) is 11.2. The van der Waals surface area contributed by atoms with Crippen LogP contribution in [0, 0.1) is 13.8 Å². The zero-order chi connectivity index (χ0) is 15.6. The first kappa shape index (κ1) is 13.2. The van der Waals surface area contributed by atoms with E-state index in [1.165, 1.54) is 70.5 Å². The molecule has 2 aliphatic rings. The number of anilines is 1. The number of nitrogens with zero attached hydrogens (tertiary/aromatic N) is 2. The van der Waals surface area contributed by atoms with Gasteiger partial charge in [-0.05, 0) is 49.4 Å². The molecular weight excluding hydrogens is 280 g/mol. The van der Waals surface area contributed by atoms with E-state index in [-0.39, 0.29) is 0 Å². The van der Waals surface area contributed by atoms with Gasteiger partial charge in [0.05, 0.1) is 5.69 Å². The van der Waals surface area contributed by atoms with E-state index in [0.717, 1.165) is 6.54 Å². The van der Waals surface area contributed by atoms with Crippen LogP contribution in [-0.2, 0) is 13.0 Å². The Morgan fingerprint density at radius 1 is 0.957 bits per heavy atom. The van der Waals surface area contributed by atoms with Crippen molar-refractivity contribution in [2.45, 2.75) is 33.2 Å². The van der Waals surface area contributed by atoms with Crippen molar-refractivity contribution >= 4 is 16.6 Å². The number of para-hydroxylation sites is 1. The molecule has 5 rings (SSSR count). The number of aromatic nitrogens is 1. The lowest BCUT2D eigenvalue weighted by Gasteiger charge is -2.26. The zero-order valence-corrected chi connectivity index (χ0v) is 13.9. The molecule has 1 aromatic heterocycles. The SMILES string of the molecule is Cc1ccc2c(C)c3n(c2c1)CCCN1CCc2cccc-3c21. The molecule has 0 saturated heterocycles. The maximum absolute atomic E-state index is 2.61. The Morgan fingerprint density at radius 2 is 1.87 bits per heavy atom. The van der Waals surface area contributed by atoms with Gasteiger partial charge in [0.2, 0.25) is 0 Å². The van der Waals surface area contributed by atoms with Crippen molar-refractivity contribution in [3.63, 3.8) is 0 Å². The second-order valence-corrected chi connectivity index (χ2v) is 7.05. The Hall–Kier alpha value is -2.22. The summed E-state index contributed by atoms with van der Waals surface area (Å²) in [6, 6.07) is 13.8. The number of fused-ring (bicyclic) bond motifs is 4. The van der Waals surface area contributed by atoms with E-state index in [9.17, 15) is 0 Å². The van der Waals surface area contributed by atoms with Crippen LogP contribution in [0.5, 0.6) is 0 Å². The van der Waals surface area contributed by atoms with Crippen LogP contribution >= 0.6 is 0 Å². The van der Waals surface area contributed by atoms with E-state index in [4.69, 9.17) is 0 Å². The first-order valence-corrected chi connectivity index (χ1v) is 8.71. The third-order valence-electron chi connectivity index (χ3n) is 5.62. The van der Waals surface area contributed by atoms with Crippen molar-refractivity contribution in [2.24, 2.45) is 0 Å². The highest BCUT2D eigenvalue weighted by Crippen LogP contribution is 2.43. The van der Waals surface area contributed by atoms with E-state index in [1.54, 1.807) is 0 Å². The quantitative estimate of drug-likeness (QED) is 0.585. The molecular formula is C21H22N2.